The van der Waals surface area contributed by atoms with Crippen LogP contribution in [0.4, 0.5) is 0 Å². The number of hydrogen-bond acceptors (Lipinski definition) is 2. The minimum atomic E-state index is -0.130. The van der Waals surface area contributed by atoms with E-state index in [1.165, 1.54) is 6.42 Å². The molecule has 1 unspecified atom stereocenters. The Kier molecular flexibility index (Phi) is 9.42. The Bertz CT molecular complexity index is 113. The second-order valence-corrected chi connectivity index (χ2v) is 4.35. The van der Waals surface area contributed by atoms with Crippen LogP contribution in [0.25, 0.3) is 0 Å². The van der Waals surface area contributed by atoms with E-state index in [0.717, 1.165) is 44.8 Å². The highest BCUT2D eigenvalue weighted by atomic mass is 16.5. The summed E-state index contributed by atoms with van der Waals surface area (Å²) in [6.45, 7) is 8.15. The Labute approximate surface area is 88.7 Å². The van der Waals surface area contributed by atoms with Gasteiger partial charge >= 0.3 is 0 Å². The average molecular weight is 202 g/mol. The van der Waals surface area contributed by atoms with Gasteiger partial charge in [-0.3, -0.25) is 0 Å². The fourth-order valence-electron chi connectivity index (χ4n) is 1.32. The third-order valence-corrected chi connectivity index (χ3v) is 2.37. The maximum atomic E-state index is 9.28. The lowest BCUT2D eigenvalue weighted by molar-refractivity contribution is 0.102. The first-order valence-corrected chi connectivity index (χ1v) is 5.92. The van der Waals surface area contributed by atoms with Gasteiger partial charge in [-0.1, -0.05) is 20.8 Å². The zero-order chi connectivity index (χ0) is 10.8. The molecule has 0 heterocycles. The van der Waals surface area contributed by atoms with E-state index in [9.17, 15) is 5.11 Å². The molecule has 0 spiro atoms. The fourth-order valence-corrected chi connectivity index (χ4v) is 1.32. The van der Waals surface area contributed by atoms with Crippen LogP contribution in [0, 0.1) is 5.92 Å². The van der Waals surface area contributed by atoms with Gasteiger partial charge in [-0.05, 0) is 38.0 Å². The van der Waals surface area contributed by atoms with Crippen molar-refractivity contribution >= 4 is 0 Å². The van der Waals surface area contributed by atoms with Crippen molar-refractivity contribution in [3.63, 3.8) is 0 Å². The van der Waals surface area contributed by atoms with Crippen LogP contribution in [0.15, 0.2) is 0 Å². The number of aliphatic hydroxyl groups is 1. The Hall–Kier alpha value is -0.0800. The lowest BCUT2D eigenvalue weighted by Gasteiger charge is -2.08. The van der Waals surface area contributed by atoms with Crippen molar-refractivity contribution in [1.82, 2.24) is 0 Å². The van der Waals surface area contributed by atoms with E-state index in [1.807, 2.05) is 6.92 Å². The molecule has 0 amide bonds. The van der Waals surface area contributed by atoms with Crippen molar-refractivity contribution in [3.05, 3.63) is 0 Å². The summed E-state index contributed by atoms with van der Waals surface area (Å²) in [4.78, 5) is 0. The van der Waals surface area contributed by atoms with Crippen LogP contribution < -0.4 is 0 Å². The topological polar surface area (TPSA) is 29.5 Å². The molecule has 0 aliphatic carbocycles. The van der Waals surface area contributed by atoms with Crippen molar-refractivity contribution in [2.24, 2.45) is 5.92 Å². The number of ether oxygens (including phenoxy) is 1. The molecule has 0 aliphatic heterocycles. The van der Waals surface area contributed by atoms with E-state index in [1.54, 1.807) is 0 Å². The van der Waals surface area contributed by atoms with Crippen LogP contribution in [-0.4, -0.2) is 24.4 Å². The van der Waals surface area contributed by atoms with Crippen LogP contribution in [0.2, 0.25) is 0 Å². The summed E-state index contributed by atoms with van der Waals surface area (Å²) in [6.07, 6.45) is 4.99. The zero-order valence-electron chi connectivity index (χ0n) is 9.96. The van der Waals surface area contributed by atoms with Gasteiger partial charge < -0.3 is 9.84 Å². The first-order chi connectivity index (χ1) is 6.66. The molecule has 14 heavy (non-hydrogen) atoms. The predicted octanol–water partition coefficient (Wildman–Crippen LogP) is 2.99. The first-order valence-electron chi connectivity index (χ1n) is 5.92. The highest BCUT2D eigenvalue weighted by Gasteiger charge is 1.99. The molecule has 0 aromatic heterocycles. The largest absolute Gasteiger partial charge is 0.393 e. The van der Waals surface area contributed by atoms with E-state index >= 15 is 0 Å². The maximum absolute atomic E-state index is 9.28. The molecule has 0 rings (SSSR count). The Morgan fingerprint density at radius 3 is 2.14 bits per heavy atom. The lowest BCUT2D eigenvalue weighted by atomic mass is 10.1. The van der Waals surface area contributed by atoms with Crippen molar-refractivity contribution in [3.8, 4) is 0 Å². The smallest absolute Gasteiger partial charge is 0.0538 e. The summed E-state index contributed by atoms with van der Waals surface area (Å²) in [7, 11) is 0. The predicted molar refractivity (Wildman–Crippen MR) is 60.4 cm³/mol. The SMILES string of the molecule is CCC(O)CCCOCCCC(C)C. The fraction of sp³-hybridized carbons (Fsp3) is 1.00. The van der Waals surface area contributed by atoms with Crippen LogP contribution in [0.5, 0.6) is 0 Å². The normalized spacial score (nSPS) is 13.5. The second-order valence-electron chi connectivity index (χ2n) is 4.35. The maximum Gasteiger partial charge on any atom is 0.0538 e. The molecule has 1 N–H and O–H groups in total. The third-order valence-electron chi connectivity index (χ3n) is 2.37. The van der Waals surface area contributed by atoms with E-state index in [-0.39, 0.29) is 6.10 Å². The van der Waals surface area contributed by atoms with Gasteiger partial charge in [-0.15, -0.1) is 0 Å². The Morgan fingerprint density at radius 1 is 1.07 bits per heavy atom. The van der Waals surface area contributed by atoms with Crippen molar-refractivity contribution in [2.45, 2.75) is 59.0 Å². The zero-order valence-corrected chi connectivity index (χ0v) is 9.96. The summed E-state index contributed by atoms with van der Waals surface area (Å²) >= 11 is 0. The summed E-state index contributed by atoms with van der Waals surface area (Å²) in [5.74, 6) is 0.778. The molecule has 0 saturated carbocycles. The van der Waals surface area contributed by atoms with Gasteiger partial charge in [0.25, 0.3) is 0 Å². The molecule has 0 saturated heterocycles. The van der Waals surface area contributed by atoms with Crippen molar-refractivity contribution < 1.29 is 9.84 Å². The number of hydrogen-bond donors (Lipinski definition) is 1. The van der Waals surface area contributed by atoms with E-state index in [4.69, 9.17) is 4.74 Å². The molecule has 2 heteroatoms. The van der Waals surface area contributed by atoms with E-state index in [2.05, 4.69) is 13.8 Å². The van der Waals surface area contributed by atoms with Crippen LogP contribution >= 0.6 is 0 Å². The molecular formula is C12H26O2. The van der Waals surface area contributed by atoms with E-state index in [0.29, 0.717) is 0 Å². The summed E-state index contributed by atoms with van der Waals surface area (Å²) in [5, 5.41) is 9.28. The molecule has 86 valence electrons. The van der Waals surface area contributed by atoms with Crippen molar-refractivity contribution in [1.29, 1.82) is 0 Å². The highest BCUT2D eigenvalue weighted by molar-refractivity contribution is 4.51. The number of aliphatic hydroxyl groups excluding tert-OH is 1. The van der Waals surface area contributed by atoms with Gasteiger partial charge in [0.1, 0.15) is 0 Å². The molecule has 0 aliphatic rings. The van der Waals surface area contributed by atoms with E-state index < -0.39 is 0 Å². The Balaban J connectivity index is 2.99. The van der Waals surface area contributed by atoms with Gasteiger partial charge in [0.15, 0.2) is 0 Å². The van der Waals surface area contributed by atoms with Crippen LogP contribution in [0.3, 0.4) is 0 Å². The minimum absolute atomic E-state index is 0.130. The van der Waals surface area contributed by atoms with Crippen molar-refractivity contribution in [2.75, 3.05) is 13.2 Å². The molecule has 0 fully saturated rings. The molecule has 2 nitrogen and oxygen atoms in total. The van der Waals surface area contributed by atoms with Gasteiger partial charge in [0, 0.05) is 13.2 Å². The molecule has 0 radical (unpaired) electrons. The molecule has 1 atom stereocenters. The van der Waals surface area contributed by atoms with Crippen LogP contribution in [0.1, 0.15) is 52.9 Å². The summed E-state index contributed by atoms with van der Waals surface area (Å²) in [6, 6.07) is 0. The molecular weight excluding hydrogens is 176 g/mol. The van der Waals surface area contributed by atoms with Gasteiger partial charge in [0.05, 0.1) is 6.10 Å². The lowest BCUT2D eigenvalue weighted by Crippen LogP contribution is -2.06. The third kappa shape index (κ3) is 10.0. The summed E-state index contributed by atoms with van der Waals surface area (Å²) < 4.78 is 5.47. The first kappa shape index (κ1) is 13.9. The summed E-state index contributed by atoms with van der Waals surface area (Å²) in [5.41, 5.74) is 0. The molecule has 0 aromatic rings. The number of rotatable bonds is 9. The van der Waals surface area contributed by atoms with Gasteiger partial charge in [-0.2, -0.15) is 0 Å². The molecule has 0 bridgehead atoms. The monoisotopic (exact) mass is 202 g/mol. The van der Waals surface area contributed by atoms with Gasteiger partial charge in [-0.25, -0.2) is 0 Å². The minimum Gasteiger partial charge on any atom is -0.393 e. The van der Waals surface area contributed by atoms with Crippen LogP contribution in [-0.2, 0) is 4.74 Å². The quantitative estimate of drug-likeness (QED) is 0.582. The Morgan fingerprint density at radius 2 is 1.64 bits per heavy atom. The second kappa shape index (κ2) is 9.47. The standard InChI is InChI=1S/C12H26O2/c1-4-12(13)8-6-10-14-9-5-7-11(2)3/h11-13H,4-10H2,1-3H3. The highest BCUT2D eigenvalue weighted by Crippen LogP contribution is 2.04. The van der Waals surface area contributed by atoms with Gasteiger partial charge in [0.2, 0.25) is 0 Å². The average Bonchev–Trinajstić information content (AvgIpc) is 2.15. The molecule has 0 aromatic carbocycles.